The van der Waals surface area contributed by atoms with Crippen LogP contribution in [0, 0.1) is 11.8 Å². The number of rotatable bonds is 19. The van der Waals surface area contributed by atoms with E-state index in [9.17, 15) is 9.59 Å². The number of esters is 1. The van der Waals surface area contributed by atoms with E-state index in [0.717, 1.165) is 25.9 Å². The van der Waals surface area contributed by atoms with Gasteiger partial charge in [-0.05, 0) is 31.1 Å². The van der Waals surface area contributed by atoms with Crippen molar-refractivity contribution < 1.29 is 28.5 Å². The van der Waals surface area contributed by atoms with Crippen LogP contribution in [0.15, 0.2) is 0 Å². The summed E-state index contributed by atoms with van der Waals surface area (Å²) in [6, 6.07) is 0. The number of ketones is 1. The van der Waals surface area contributed by atoms with Crippen LogP contribution in [0.2, 0.25) is 0 Å². The minimum absolute atomic E-state index is 0.0371. The Bertz CT molecular complexity index is 368. The first-order valence-electron chi connectivity index (χ1n) is 10.3. The topological polar surface area (TPSA) is 71.1 Å². The van der Waals surface area contributed by atoms with Gasteiger partial charge in [0.2, 0.25) is 0 Å². The maximum Gasteiger partial charge on any atom is 0.305 e. The fraction of sp³-hybridized carbons (Fsp3) is 0.905. The molecule has 0 aliphatic rings. The fourth-order valence-electron chi connectivity index (χ4n) is 2.21. The molecule has 0 saturated carbocycles. The summed E-state index contributed by atoms with van der Waals surface area (Å²) in [6.45, 7) is 11.6. The van der Waals surface area contributed by atoms with Crippen LogP contribution in [0.1, 0.15) is 66.2 Å². The van der Waals surface area contributed by atoms with E-state index < -0.39 is 0 Å². The van der Waals surface area contributed by atoms with Crippen molar-refractivity contribution in [1.29, 1.82) is 0 Å². The van der Waals surface area contributed by atoms with Gasteiger partial charge in [0.15, 0.2) is 5.78 Å². The molecule has 0 aromatic rings. The molecule has 6 nitrogen and oxygen atoms in total. The minimum Gasteiger partial charge on any atom is -0.463 e. The Morgan fingerprint density at radius 3 is 1.96 bits per heavy atom. The van der Waals surface area contributed by atoms with Gasteiger partial charge in [0, 0.05) is 26.1 Å². The second-order valence-electron chi connectivity index (χ2n) is 7.61. The van der Waals surface area contributed by atoms with Gasteiger partial charge >= 0.3 is 5.97 Å². The van der Waals surface area contributed by atoms with E-state index in [0.29, 0.717) is 50.9 Å². The van der Waals surface area contributed by atoms with Gasteiger partial charge in [-0.3, -0.25) is 9.59 Å². The van der Waals surface area contributed by atoms with E-state index in [1.807, 2.05) is 0 Å². The van der Waals surface area contributed by atoms with E-state index in [1.54, 1.807) is 0 Å². The van der Waals surface area contributed by atoms with Gasteiger partial charge in [-0.1, -0.05) is 34.1 Å². The average molecular weight is 389 g/mol. The lowest BCUT2D eigenvalue weighted by atomic mass is 10.1. The van der Waals surface area contributed by atoms with Gasteiger partial charge in [-0.15, -0.1) is 0 Å². The number of hydrogen-bond donors (Lipinski definition) is 0. The predicted molar refractivity (Wildman–Crippen MR) is 106 cm³/mol. The van der Waals surface area contributed by atoms with Gasteiger partial charge in [-0.25, -0.2) is 0 Å². The zero-order chi connectivity index (χ0) is 20.3. The zero-order valence-corrected chi connectivity index (χ0v) is 17.8. The maximum atomic E-state index is 11.7. The lowest BCUT2D eigenvalue weighted by Gasteiger charge is -2.08. The Morgan fingerprint density at radius 2 is 1.30 bits per heavy atom. The molecule has 0 atom stereocenters. The summed E-state index contributed by atoms with van der Waals surface area (Å²) in [4.78, 5) is 23.1. The summed E-state index contributed by atoms with van der Waals surface area (Å²) < 4.78 is 21.2. The molecule has 6 heteroatoms. The van der Waals surface area contributed by atoms with Crippen LogP contribution in [0.5, 0.6) is 0 Å². The summed E-state index contributed by atoms with van der Waals surface area (Å²) in [5.41, 5.74) is 0. The van der Waals surface area contributed by atoms with Crippen LogP contribution in [0.3, 0.4) is 0 Å². The van der Waals surface area contributed by atoms with Gasteiger partial charge in [-0.2, -0.15) is 0 Å². The largest absolute Gasteiger partial charge is 0.463 e. The van der Waals surface area contributed by atoms with Crippen molar-refractivity contribution in [3.05, 3.63) is 0 Å². The number of ether oxygens (including phenoxy) is 4. The lowest BCUT2D eigenvalue weighted by Crippen LogP contribution is -2.15. The van der Waals surface area contributed by atoms with Crippen LogP contribution >= 0.6 is 0 Å². The monoisotopic (exact) mass is 388 g/mol. The average Bonchev–Trinajstić information content (AvgIpc) is 2.59. The molecule has 0 fully saturated rings. The first kappa shape index (κ1) is 26.0. The smallest absolute Gasteiger partial charge is 0.305 e. The molecular formula is C21H40O6. The van der Waals surface area contributed by atoms with Crippen molar-refractivity contribution in [2.75, 3.05) is 46.2 Å². The molecule has 0 aromatic heterocycles. The quantitative estimate of drug-likeness (QED) is 0.248. The van der Waals surface area contributed by atoms with Crippen LogP contribution in [-0.4, -0.2) is 58.0 Å². The molecule has 0 aliphatic heterocycles. The molecule has 0 amide bonds. The van der Waals surface area contributed by atoms with Crippen molar-refractivity contribution in [3.8, 4) is 0 Å². The summed E-state index contributed by atoms with van der Waals surface area (Å²) in [7, 11) is 0. The highest BCUT2D eigenvalue weighted by atomic mass is 16.6. The van der Waals surface area contributed by atoms with E-state index in [1.165, 1.54) is 0 Å². The molecular weight excluding hydrogens is 348 g/mol. The molecule has 27 heavy (non-hydrogen) atoms. The number of carbonyl (C=O) groups is 2. The highest BCUT2D eigenvalue weighted by Crippen LogP contribution is 2.06. The molecule has 0 aromatic carbocycles. The Balaban J connectivity index is 3.31. The second-order valence-corrected chi connectivity index (χ2v) is 7.61. The summed E-state index contributed by atoms with van der Waals surface area (Å²) >= 11 is 0. The molecule has 0 radical (unpaired) electrons. The Labute approximate surface area is 165 Å². The molecule has 0 spiro atoms. The van der Waals surface area contributed by atoms with Crippen LogP contribution in [0.25, 0.3) is 0 Å². The van der Waals surface area contributed by atoms with Crippen LogP contribution < -0.4 is 0 Å². The van der Waals surface area contributed by atoms with Crippen molar-refractivity contribution in [2.45, 2.75) is 66.2 Å². The molecule has 160 valence electrons. The lowest BCUT2D eigenvalue weighted by molar-refractivity contribution is -0.145. The number of carbonyl (C=O) groups excluding carboxylic acids is 2. The zero-order valence-electron chi connectivity index (χ0n) is 17.8. The number of hydrogen-bond acceptors (Lipinski definition) is 6. The third-order valence-corrected chi connectivity index (χ3v) is 3.87. The molecule has 0 aliphatic carbocycles. The van der Waals surface area contributed by atoms with E-state index in [2.05, 4.69) is 27.7 Å². The normalized spacial score (nSPS) is 11.3. The Kier molecular flexibility index (Phi) is 17.7. The standard InChI is InChI=1S/C21H40O6/c1-18(2)7-5-9-21(23)27-16-15-26-17-20(22)8-6-11-24-13-14-25-12-10-19(3)4/h18-19H,5-17H2,1-4H3. The van der Waals surface area contributed by atoms with Crippen molar-refractivity contribution in [2.24, 2.45) is 11.8 Å². The van der Waals surface area contributed by atoms with E-state index in [-0.39, 0.29) is 31.6 Å². The minimum atomic E-state index is -0.198. The predicted octanol–water partition coefficient (Wildman–Crippen LogP) is 3.80. The Morgan fingerprint density at radius 1 is 0.667 bits per heavy atom. The van der Waals surface area contributed by atoms with Gasteiger partial charge in [0.25, 0.3) is 0 Å². The van der Waals surface area contributed by atoms with Crippen molar-refractivity contribution in [1.82, 2.24) is 0 Å². The highest BCUT2D eigenvalue weighted by molar-refractivity contribution is 5.79. The molecule has 0 unspecified atom stereocenters. The van der Waals surface area contributed by atoms with Gasteiger partial charge in [0.1, 0.15) is 13.2 Å². The molecule has 0 N–H and O–H groups in total. The SMILES string of the molecule is CC(C)CCCC(=O)OCCOCC(=O)CCCOCCOCCC(C)C. The van der Waals surface area contributed by atoms with Crippen molar-refractivity contribution >= 4 is 11.8 Å². The molecule has 0 saturated heterocycles. The molecule has 0 rings (SSSR count). The first-order chi connectivity index (χ1) is 12.9. The highest BCUT2D eigenvalue weighted by Gasteiger charge is 2.05. The third-order valence-electron chi connectivity index (χ3n) is 3.87. The summed E-state index contributed by atoms with van der Waals surface area (Å²) in [6.07, 6.45) is 4.49. The van der Waals surface area contributed by atoms with Crippen LogP contribution in [0.4, 0.5) is 0 Å². The first-order valence-corrected chi connectivity index (χ1v) is 10.3. The Hall–Kier alpha value is -0.980. The second kappa shape index (κ2) is 18.4. The summed E-state index contributed by atoms with van der Waals surface area (Å²) in [5.74, 6) is 1.09. The fourth-order valence-corrected chi connectivity index (χ4v) is 2.21. The van der Waals surface area contributed by atoms with E-state index >= 15 is 0 Å². The maximum absolute atomic E-state index is 11.7. The van der Waals surface area contributed by atoms with Gasteiger partial charge < -0.3 is 18.9 Å². The molecule has 0 bridgehead atoms. The summed E-state index contributed by atoms with van der Waals surface area (Å²) in [5, 5.41) is 0. The number of Topliss-reactive ketones (excluding diaryl/α,β-unsaturated/α-hetero) is 1. The van der Waals surface area contributed by atoms with Crippen LogP contribution in [-0.2, 0) is 28.5 Å². The molecule has 0 heterocycles. The van der Waals surface area contributed by atoms with Crippen molar-refractivity contribution in [3.63, 3.8) is 0 Å². The van der Waals surface area contributed by atoms with E-state index in [4.69, 9.17) is 18.9 Å². The third kappa shape index (κ3) is 21.2. The van der Waals surface area contributed by atoms with Gasteiger partial charge in [0.05, 0.1) is 19.8 Å².